The number of ketones is 1. The Bertz CT molecular complexity index is 2880. The van der Waals surface area contributed by atoms with Gasteiger partial charge in [-0.2, -0.15) is 0 Å². The van der Waals surface area contributed by atoms with Crippen molar-refractivity contribution in [3.63, 3.8) is 0 Å². The van der Waals surface area contributed by atoms with Gasteiger partial charge >= 0.3 is 12.1 Å². The van der Waals surface area contributed by atoms with Crippen LogP contribution in [-0.2, 0) is 9.53 Å². The molecule has 3 amide bonds. The zero-order valence-corrected chi connectivity index (χ0v) is 34.3. The highest BCUT2D eigenvalue weighted by Gasteiger charge is 2.40. The van der Waals surface area contributed by atoms with Crippen LogP contribution in [0.1, 0.15) is 86.8 Å². The summed E-state index contributed by atoms with van der Waals surface area (Å²) in [6.45, 7) is 5.57. The first-order chi connectivity index (χ1) is 29.3. The number of nitrogens with one attached hydrogen (secondary N) is 4. The van der Waals surface area contributed by atoms with E-state index in [1.807, 2.05) is 13.8 Å². The maximum absolute atomic E-state index is 14.1. The number of carbonyl (C=O) groups excluding carboxylic acids is 5. The van der Waals surface area contributed by atoms with Crippen LogP contribution < -0.4 is 20.7 Å². The van der Waals surface area contributed by atoms with Gasteiger partial charge in [-0.1, -0.05) is 44.2 Å². The summed E-state index contributed by atoms with van der Waals surface area (Å²) in [5.41, 5.74) is 3.81. The molecule has 0 spiro atoms. The molecule has 0 fully saturated rings. The minimum Gasteiger partial charge on any atom is -0.506 e. The normalized spacial score (nSPS) is 15.2. The number of fused-ring (bicyclic) bond motifs is 5. The van der Waals surface area contributed by atoms with E-state index >= 15 is 0 Å². The van der Waals surface area contributed by atoms with Gasteiger partial charge in [-0.05, 0) is 97.3 Å². The molecule has 61 heavy (non-hydrogen) atoms. The second-order valence-corrected chi connectivity index (χ2v) is 15.7. The number of rotatable bonds is 12. The molecule has 0 bridgehead atoms. The molecule has 3 heterocycles. The molecule has 5 N–H and O–H groups in total. The van der Waals surface area contributed by atoms with Crippen molar-refractivity contribution >= 4 is 85.5 Å². The number of phenolic OH excluding ortho intramolecular Hbond substituents is 1. The lowest BCUT2D eigenvalue weighted by molar-refractivity contribution is -0.118. The number of aromatic hydroxyl groups is 1. The Kier molecular flexibility index (Phi) is 11.0. The third-order valence-corrected chi connectivity index (χ3v) is 11.2. The number of ether oxygens (including phenoxy) is 2. The summed E-state index contributed by atoms with van der Waals surface area (Å²) in [4.78, 5) is 69.8. The maximum Gasteiger partial charge on any atom is 0.413 e. The van der Waals surface area contributed by atoms with Crippen molar-refractivity contribution in [1.29, 1.82) is 0 Å². The van der Waals surface area contributed by atoms with Crippen molar-refractivity contribution in [2.45, 2.75) is 51.5 Å². The first-order valence-electron chi connectivity index (χ1n) is 19.6. The van der Waals surface area contributed by atoms with Gasteiger partial charge in [0.25, 0.3) is 5.91 Å². The van der Waals surface area contributed by atoms with Gasteiger partial charge in [0.15, 0.2) is 17.1 Å². The summed E-state index contributed by atoms with van der Waals surface area (Å²) in [5.74, 6) is -2.45. The lowest BCUT2D eigenvalue weighted by atomic mass is 9.93. The number of hydrogen-bond acceptors (Lipinski definition) is 10. The van der Waals surface area contributed by atoms with Crippen molar-refractivity contribution in [1.82, 2.24) is 10.3 Å². The fourth-order valence-corrected chi connectivity index (χ4v) is 8.38. The summed E-state index contributed by atoms with van der Waals surface area (Å²) in [6.07, 6.45) is -0.107. The Morgan fingerprint density at radius 2 is 1.69 bits per heavy atom. The number of halogens is 1. The molecule has 3 atom stereocenters. The second kappa shape index (κ2) is 16.5. The number of esters is 1. The average molecular weight is 845 g/mol. The van der Waals surface area contributed by atoms with Crippen molar-refractivity contribution in [3.8, 4) is 11.5 Å². The number of alkyl halides is 1. The summed E-state index contributed by atoms with van der Waals surface area (Å²) < 4.78 is 22.4. The van der Waals surface area contributed by atoms with Crippen molar-refractivity contribution in [3.05, 3.63) is 119 Å². The van der Waals surface area contributed by atoms with E-state index in [0.717, 1.165) is 0 Å². The number of aromatic nitrogens is 1. The Morgan fingerprint density at radius 3 is 2.43 bits per heavy atom. The Morgan fingerprint density at radius 1 is 0.918 bits per heavy atom. The number of furan rings is 2. The van der Waals surface area contributed by atoms with Crippen LogP contribution in [-0.4, -0.2) is 58.8 Å². The SMILES string of the molecule is COC(=O)c1c(C)[nH]c2c(O)cc3c(c12)[C@H](CCl)CC3C(=O)c1cc2cc(NC(=O)c3cc4cccc(NC(=O)[C@H](CC(C)C)NC(=O)Oc5ccccc5)c4o3)ccc2o1. The summed E-state index contributed by atoms with van der Waals surface area (Å²) in [5, 5.41) is 20.9. The number of H-pyrrole nitrogens is 1. The lowest BCUT2D eigenvalue weighted by Gasteiger charge is -2.20. The van der Waals surface area contributed by atoms with Gasteiger partial charge in [-0.15, -0.1) is 11.6 Å². The number of para-hydroxylation sites is 2. The van der Waals surface area contributed by atoms with Crippen LogP contribution in [0, 0.1) is 12.8 Å². The van der Waals surface area contributed by atoms with E-state index in [-0.39, 0.29) is 51.9 Å². The smallest absolute Gasteiger partial charge is 0.413 e. The topological polar surface area (TPSA) is 202 Å². The minimum atomic E-state index is -0.927. The molecule has 1 unspecified atom stereocenters. The number of benzene rings is 4. The number of aromatic amines is 1. The third-order valence-electron chi connectivity index (χ3n) is 10.8. The molecule has 3 aromatic heterocycles. The van der Waals surface area contributed by atoms with Gasteiger partial charge in [-0.3, -0.25) is 14.4 Å². The third kappa shape index (κ3) is 7.89. The van der Waals surface area contributed by atoms with Crippen LogP contribution in [0.3, 0.4) is 0 Å². The molecule has 0 saturated heterocycles. The highest BCUT2D eigenvalue weighted by atomic mass is 35.5. The first kappa shape index (κ1) is 40.7. The Labute approximate surface area is 353 Å². The largest absolute Gasteiger partial charge is 0.506 e. The molecular formula is C46H41ClN4O10. The molecule has 0 radical (unpaired) electrons. The van der Waals surface area contributed by atoms with Crippen molar-refractivity contribution in [2.24, 2.45) is 5.92 Å². The Hall–Kier alpha value is -7.06. The van der Waals surface area contributed by atoms with Crippen LogP contribution in [0.25, 0.3) is 32.8 Å². The highest BCUT2D eigenvalue weighted by molar-refractivity contribution is 6.19. The fourth-order valence-electron chi connectivity index (χ4n) is 8.10. The zero-order valence-electron chi connectivity index (χ0n) is 33.5. The van der Waals surface area contributed by atoms with Crippen LogP contribution in [0.2, 0.25) is 0 Å². The molecule has 0 saturated carbocycles. The first-order valence-corrected chi connectivity index (χ1v) is 20.1. The summed E-state index contributed by atoms with van der Waals surface area (Å²) in [7, 11) is 1.28. The molecule has 14 nitrogen and oxygen atoms in total. The highest BCUT2D eigenvalue weighted by Crippen LogP contribution is 2.50. The monoisotopic (exact) mass is 844 g/mol. The van der Waals surface area contributed by atoms with E-state index in [2.05, 4.69) is 20.9 Å². The summed E-state index contributed by atoms with van der Waals surface area (Å²) in [6, 6.07) is 22.3. The standard InChI is InChI=1S/C46H41ClN4O10/c1-22(2)15-32(51-46(57)59-28-10-6-5-7-11-28)43(54)50-31-12-8-9-24-18-36(61-42(24)31)44(55)49-27-13-14-34-25(16-27)19-35(60-34)41(53)30-17-26(21-47)38-29(30)20-33(52)40-39(38)37(23(3)48-40)45(56)58-4/h5-14,16,18-20,22,26,30,32,48,52H,15,17,21H2,1-4H3,(H,49,55)(H,50,54)(H,51,57)/t26-,30?,32-/m0/s1. The summed E-state index contributed by atoms with van der Waals surface area (Å²) >= 11 is 6.45. The number of methoxy groups -OCH3 is 1. The molecular weight excluding hydrogens is 804 g/mol. The number of amides is 3. The van der Waals surface area contributed by atoms with E-state index in [1.54, 1.807) is 91.9 Å². The zero-order chi connectivity index (χ0) is 43.1. The molecule has 1 aliphatic carbocycles. The average Bonchev–Trinajstić information content (AvgIpc) is 4.03. The molecule has 8 rings (SSSR count). The number of anilines is 2. The second-order valence-electron chi connectivity index (χ2n) is 15.4. The van der Waals surface area contributed by atoms with Crippen molar-refractivity contribution < 1.29 is 47.4 Å². The maximum atomic E-state index is 14.1. The molecule has 4 aromatic carbocycles. The van der Waals surface area contributed by atoms with Crippen LogP contribution in [0.4, 0.5) is 16.2 Å². The number of carbonyl (C=O) groups is 5. The van der Waals surface area contributed by atoms with Crippen molar-refractivity contribution in [2.75, 3.05) is 23.6 Å². The minimum absolute atomic E-state index is 0.0257. The van der Waals surface area contributed by atoms with Gasteiger partial charge in [0, 0.05) is 33.4 Å². The predicted molar refractivity (Wildman–Crippen MR) is 229 cm³/mol. The van der Waals surface area contributed by atoms with E-state index in [4.69, 9.17) is 29.9 Å². The number of hydrogen-bond donors (Lipinski definition) is 5. The number of Topliss-reactive ketones (excluding diaryl/α,β-unsaturated/α-hetero) is 1. The van der Waals surface area contributed by atoms with E-state index in [9.17, 15) is 29.1 Å². The number of phenols is 1. The van der Waals surface area contributed by atoms with Gasteiger partial charge in [-0.25, -0.2) is 9.59 Å². The van der Waals surface area contributed by atoms with Gasteiger partial charge in [0.05, 0.1) is 29.8 Å². The lowest BCUT2D eigenvalue weighted by Crippen LogP contribution is -2.45. The van der Waals surface area contributed by atoms with E-state index in [1.165, 1.54) is 7.11 Å². The van der Waals surface area contributed by atoms with E-state index in [0.29, 0.717) is 74.0 Å². The van der Waals surface area contributed by atoms with E-state index < -0.39 is 35.8 Å². The quantitative estimate of drug-likeness (QED) is 0.0448. The molecule has 7 aromatic rings. The molecule has 1 aliphatic rings. The van der Waals surface area contributed by atoms with Gasteiger partial charge in [0.1, 0.15) is 23.1 Å². The van der Waals surface area contributed by atoms with Crippen LogP contribution in [0.5, 0.6) is 11.5 Å². The van der Waals surface area contributed by atoms with Gasteiger partial charge < -0.3 is 44.3 Å². The van der Waals surface area contributed by atoms with Crippen LogP contribution in [0.15, 0.2) is 93.8 Å². The molecule has 0 aliphatic heterocycles. The molecule has 312 valence electrons. The van der Waals surface area contributed by atoms with Gasteiger partial charge in [0.2, 0.25) is 11.7 Å². The van der Waals surface area contributed by atoms with Crippen LogP contribution >= 0.6 is 11.6 Å². The molecule has 15 heteroatoms. The fraction of sp³-hybridized carbons (Fsp3) is 0.239. The number of aryl methyl sites for hydroxylation is 1. The Balaban J connectivity index is 0.992. The predicted octanol–water partition coefficient (Wildman–Crippen LogP) is 9.55.